The molecule has 0 unspecified atom stereocenters. The Morgan fingerprint density at radius 2 is 1.96 bits per heavy atom. The number of aromatic nitrogens is 2. The van der Waals surface area contributed by atoms with Gasteiger partial charge in [0.15, 0.2) is 0 Å². The van der Waals surface area contributed by atoms with Gasteiger partial charge in [0.05, 0.1) is 27.6 Å². The van der Waals surface area contributed by atoms with Crippen molar-refractivity contribution in [1.29, 1.82) is 0 Å². The molecular formula is C17H15Cl2N3O. The Morgan fingerprint density at radius 3 is 2.70 bits per heavy atom. The molecule has 0 saturated heterocycles. The van der Waals surface area contributed by atoms with Gasteiger partial charge in [0.2, 0.25) is 5.91 Å². The molecule has 118 valence electrons. The van der Waals surface area contributed by atoms with Crippen LogP contribution in [0.1, 0.15) is 18.3 Å². The van der Waals surface area contributed by atoms with E-state index >= 15 is 0 Å². The van der Waals surface area contributed by atoms with Crippen LogP contribution in [0.15, 0.2) is 42.5 Å². The van der Waals surface area contributed by atoms with E-state index in [9.17, 15) is 4.79 Å². The third kappa shape index (κ3) is 3.49. The first kappa shape index (κ1) is 15.8. The largest absolute Gasteiger partial charge is 0.349 e. The molecule has 0 radical (unpaired) electrons. The zero-order chi connectivity index (χ0) is 16.4. The molecule has 0 bridgehead atoms. The lowest BCUT2D eigenvalue weighted by atomic mass is 10.2. The van der Waals surface area contributed by atoms with E-state index in [0.29, 0.717) is 23.1 Å². The molecule has 0 spiro atoms. The number of hydrogen-bond acceptors (Lipinski definition) is 2. The second-order valence-electron chi connectivity index (χ2n) is 5.26. The number of carbonyl (C=O) groups excluding carboxylic acids is 1. The molecule has 1 N–H and O–H groups in total. The van der Waals surface area contributed by atoms with Crippen LogP contribution in [0.5, 0.6) is 0 Å². The van der Waals surface area contributed by atoms with E-state index in [1.54, 1.807) is 6.07 Å². The molecule has 0 aliphatic heterocycles. The van der Waals surface area contributed by atoms with E-state index in [2.05, 4.69) is 14.9 Å². The Hall–Kier alpha value is -2.04. The van der Waals surface area contributed by atoms with Crippen LogP contribution in [0.25, 0.3) is 11.0 Å². The van der Waals surface area contributed by atoms with Crippen LogP contribution >= 0.6 is 23.2 Å². The summed E-state index contributed by atoms with van der Waals surface area (Å²) >= 11 is 12.1. The number of imidazole rings is 1. The first-order valence-electron chi connectivity index (χ1n) is 7.17. The number of nitrogens with zero attached hydrogens (tertiary/aromatic N) is 2. The highest BCUT2D eigenvalue weighted by Gasteiger charge is 2.11. The number of amides is 1. The SMILES string of the molecule is CC(=O)NCc1nc2ccccc2n1Cc1ccc(Cl)c(Cl)c1. The van der Waals surface area contributed by atoms with Crippen molar-refractivity contribution in [2.24, 2.45) is 0 Å². The molecule has 4 nitrogen and oxygen atoms in total. The quantitative estimate of drug-likeness (QED) is 0.774. The highest BCUT2D eigenvalue weighted by molar-refractivity contribution is 6.42. The fourth-order valence-electron chi connectivity index (χ4n) is 2.46. The summed E-state index contributed by atoms with van der Waals surface area (Å²) in [5.41, 5.74) is 2.93. The summed E-state index contributed by atoms with van der Waals surface area (Å²) in [6.07, 6.45) is 0. The monoisotopic (exact) mass is 347 g/mol. The maximum absolute atomic E-state index is 11.2. The van der Waals surface area contributed by atoms with Gasteiger partial charge < -0.3 is 9.88 Å². The zero-order valence-corrected chi connectivity index (χ0v) is 14.0. The molecule has 2 aromatic carbocycles. The number of benzene rings is 2. The second-order valence-corrected chi connectivity index (χ2v) is 6.08. The van der Waals surface area contributed by atoms with Crippen molar-refractivity contribution >= 4 is 40.1 Å². The molecule has 3 rings (SSSR count). The first-order valence-corrected chi connectivity index (χ1v) is 7.92. The normalized spacial score (nSPS) is 10.9. The Bertz CT molecular complexity index is 873. The lowest BCUT2D eigenvalue weighted by molar-refractivity contribution is -0.119. The lowest BCUT2D eigenvalue weighted by Crippen LogP contribution is -2.21. The number of rotatable bonds is 4. The average molecular weight is 348 g/mol. The molecule has 1 heterocycles. The van der Waals surface area contributed by atoms with Gasteiger partial charge in [0.25, 0.3) is 0 Å². The van der Waals surface area contributed by atoms with Crippen molar-refractivity contribution in [3.8, 4) is 0 Å². The maximum Gasteiger partial charge on any atom is 0.217 e. The van der Waals surface area contributed by atoms with Crippen molar-refractivity contribution < 1.29 is 4.79 Å². The Morgan fingerprint density at radius 1 is 1.17 bits per heavy atom. The topological polar surface area (TPSA) is 46.9 Å². The van der Waals surface area contributed by atoms with Crippen molar-refractivity contribution in [2.75, 3.05) is 0 Å². The molecule has 1 amide bonds. The minimum absolute atomic E-state index is 0.0851. The van der Waals surface area contributed by atoms with Crippen molar-refractivity contribution in [2.45, 2.75) is 20.0 Å². The first-order chi connectivity index (χ1) is 11.0. The highest BCUT2D eigenvalue weighted by Crippen LogP contribution is 2.24. The molecule has 6 heteroatoms. The number of hydrogen-bond donors (Lipinski definition) is 1. The molecule has 0 atom stereocenters. The maximum atomic E-state index is 11.2. The fraction of sp³-hybridized carbons (Fsp3) is 0.176. The second kappa shape index (κ2) is 6.60. The van der Waals surface area contributed by atoms with Crippen LogP contribution in [0.4, 0.5) is 0 Å². The van der Waals surface area contributed by atoms with Crippen LogP contribution in [-0.2, 0) is 17.9 Å². The Labute approximate surface area is 144 Å². The summed E-state index contributed by atoms with van der Waals surface area (Å²) in [6, 6.07) is 13.4. The fourth-order valence-corrected chi connectivity index (χ4v) is 2.78. The van der Waals surface area contributed by atoms with E-state index in [1.165, 1.54) is 6.92 Å². The Kier molecular flexibility index (Phi) is 4.55. The standard InChI is InChI=1S/C17H15Cl2N3O/c1-11(23)20-9-17-21-15-4-2-3-5-16(15)22(17)10-12-6-7-13(18)14(19)8-12/h2-8H,9-10H2,1H3,(H,20,23). The van der Waals surface area contributed by atoms with E-state index in [0.717, 1.165) is 22.4 Å². The van der Waals surface area contributed by atoms with Crippen molar-refractivity contribution in [3.63, 3.8) is 0 Å². The predicted octanol–water partition coefficient (Wildman–Crippen LogP) is 4.03. The van der Waals surface area contributed by atoms with Crippen LogP contribution < -0.4 is 5.32 Å². The minimum atomic E-state index is -0.0851. The van der Waals surface area contributed by atoms with Gasteiger partial charge in [-0.15, -0.1) is 0 Å². The summed E-state index contributed by atoms with van der Waals surface area (Å²) < 4.78 is 2.07. The minimum Gasteiger partial charge on any atom is -0.349 e. The van der Waals surface area contributed by atoms with E-state index in [1.807, 2.05) is 36.4 Å². The van der Waals surface area contributed by atoms with Gasteiger partial charge in [-0.1, -0.05) is 41.4 Å². The number of fused-ring (bicyclic) bond motifs is 1. The van der Waals surface area contributed by atoms with Gasteiger partial charge in [-0.05, 0) is 29.8 Å². The highest BCUT2D eigenvalue weighted by atomic mass is 35.5. The van der Waals surface area contributed by atoms with E-state index < -0.39 is 0 Å². The molecule has 23 heavy (non-hydrogen) atoms. The molecular weight excluding hydrogens is 333 g/mol. The number of halogens is 2. The molecule has 0 aliphatic carbocycles. The van der Waals surface area contributed by atoms with Gasteiger partial charge in [0.1, 0.15) is 5.82 Å². The van der Waals surface area contributed by atoms with Crippen LogP contribution in [0, 0.1) is 0 Å². The number of carbonyl (C=O) groups is 1. The molecule has 3 aromatic rings. The van der Waals surface area contributed by atoms with Gasteiger partial charge >= 0.3 is 0 Å². The summed E-state index contributed by atoms with van der Waals surface area (Å²) in [6.45, 7) is 2.48. The third-order valence-electron chi connectivity index (χ3n) is 3.55. The van der Waals surface area contributed by atoms with Crippen LogP contribution in [0.2, 0.25) is 10.0 Å². The lowest BCUT2D eigenvalue weighted by Gasteiger charge is -2.10. The van der Waals surface area contributed by atoms with Gasteiger partial charge in [0, 0.05) is 13.5 Å². The van der Waals surface area contributed by atoms with Gasteiger partial charge in [-0.25, -0.2) is 4.98 Å². The predicted molar refractivity (Wildman–Crippen MR) is 92.8 cm³/mol. The molecule has 1 aromatic heterocycles. The molecule has 0 saturated carbocycles. The Balaban J connectivity index is 2.01. The van der Waals surface area contributed by atoms with Crippen LogP contribution in [0.3, 0.4) is 0 Å². The summed E-state index contributed by atoms with van der Waals surface area (Å²) in [4.78, 5) is 15.8. The summed E-state index contributed by atoms with van der Waals surface area (Å²) in [5, 5.41) is 3.86. The smallest absolute Gasteiger partial charge is 0.217 e. The van der Waals surface area contributed by atoms with Crippen molar-refractivity contribution in [1.82, 2.24) is 14.9 Å². The third-order valence-corrected chi connectivity index (χ3v) is 4.29. The van der Waals surface area contributed by atoms with Crippen LogP contribution in [-0.4, -0.2) is 15.5 Å². The van der Waals surface area contributed by atoms with E-state index in [4.69, 9.17) is 23.2 Å². The average Bonchev–Trinajstić information content (AvgIpc) is 2.87. The summed E-state index contributed by atoms with van der Waals surface area (Å²) in [5.74, 6) is 0.714. The van der Waals surface area contributed by atoms with E-state index in [-0.39, 0.29) is 5.91 Å². The zero-order valence-electron chi connectivity index (χ0n) is 12.5. The summed E-state index contributed by atoms with van der Waals surface area (Å²) in [7, 11) is 0. The van der Waals surface area contributed by atoms with Crippen molar-refractivity contribution in [3.05, 3.63) is 63.9 Å². The van der Waals surface area contributed by atoms with Gasteiger partial charge in [-0.2, -0.15) is 0 Å². The number of para-hydroxylation sites is 2. The molecule has 0 aliphatic rings. The molecule has 0 fully saturated rings. The number of nitrogens with one attached hydrogen (secondary N) is 1. The van der Waals surface area contributed by atoms with Gasteiger partial charge in [-0.3, -0.25) is 4.79 Å².